The summed E-state index contributed by atoms with van der Waals surface area (Å²) in [6, 6.07) is 3.47. The zero-order valence-corrected chi connectivity index (χ0v) is 11.1. The summed E-state index contributed by atoms with van der Waals surface area (Å²) in [7, 11) is 0. The first-order valence-corrected chi connectivity index (χ1v) is 6.58. The van der Waals surface area contributed by atoms with Crippen LogP contribution in [-0.4, -0.2) is 62.5 Å². The van der Waals surface area contributed by atoms with Gasteiger partial charge in [0, 0.05) is 13.1 Å². The van der Waals surface area contributed by atoms with Gasteiger partial charge in [-0.2, -0.15) is 13.2 Å². The van der Waals surface area contributed by atoms with Crippen LogP contribution in [0.4, 0.5) is 19.0 Å². The molecule has 0 aliphatic carbocycles. The molecule has 1 fully saturated rings. The molecular weight excluding hydrogens is 287 g/mol. The second kappa shape index (κ2) is 5.43. The van der Waals surface area contributed by atoms with Gasteiger partial charge in [0.05, 0.1) is 6.54 Å². The van der Waals surface area contributed by atoms with Crippen LogP contribution in [0.1, 0.15) is 6.42 Å². The molecule has 2 aromatic heterocycles. The third-order valence-corrected chi connectivity index (χ3v) is 3.41. The van der Waals surface area contributed by atoms with Crippen LogP contribution in [0.5, 0.6) is 0 Å². The van der Waals surface area contributed by atoms with E-state index >= 15 is 0 Å². The molecule has 0 spiro atoms. The largest absolute Gasteiger partial charge is 0.401 e. The molecule has 0 aromatic carbocycles. The maximum atomic E-state index is 12.3. The van der Waals surface area contributed by atoms with E-state index in [4.69, 9.17) is 0 Å². The van der Waals surface area contributed by atoms with Crippen LogP contribution in [0.15, 0.2) is 12.1 Å². The van der Waals surface area contributed by atoms with Crippen molar-refractivity contribution in [3.05, 3.63) is 12.1 Å². The van der Waals surface area contributed by atoms with Crippen LogP contribution in [-0.2, 0) is 0 Å². The number of alkyl halides is 3. The normalized spacial score (nSPS) is 20.2. The minimum absolute atomic E-state index is 0.179. The smallest absolute Gasteiger partial charge is 0.368 e. The summed E-state index contributed by atoms with van der Waals surface area (Å²) in [5, 5.41) is 18.2. The van der Waals surface area contributed by atoms with Gasteiger partial charge in [-0.3, -0.25) is 4.90 Å². The fourth-order valence-corrected chi connectivity index (χ4v) is 2.47. The molecule has 3 heterocycles. The van der Waals surface area contributed by atoms with Crippen molar-refractivity contribution in [3.8, 4) is 0 Å². The lowest BCUT2D eigenvalue weighted by molar-refractivity contribution is -0.143. The molecule has 0 radical (unpaired) electrons. The van der Waals surface area contributed by atoms with E-state index in [0.29, 0.717) is 31.1 Å². The molecular formula is C11H14F3N7. The minimum atomic E-state index is -4.13. The van der Waals surface area contributed by atoms with E-state index in [9.17, 15) is 13.2 Å². The Bertz CT molecular complexity index is 611. The Morgan fingerprint density at radius 1 is 1.33 bits per heavy atom. The predicted octanol–water partition coefficient (Wildman–Crippen LogP) is 0.815. The van der Waals surface area contributed by atoms with Crippen molar-refractivity contribution in [3.63, 3.8) is 0 Å². The molecule has 1 N–H and O–H groups in total. The fourth-order valence-electron chi connectivity index (χ4n) is 2.47. The van der Waals surface area contributed by atoms with Gasteiger partial charge in [0.25, 0.3) is 0 Å². The highest BCUT2D eigenvalue weighted by Crippen LogP contribution is 2.22. The lowest BCUT2D eigenvalue weighted by atomic mass is 10.1. The van der Waals surface area contributed by atoms with Gasteiger partial charge in [-0.15, -0.1) is 14.8 Å². The summed E-state index contributed by atoms with van der Waals surface area (Å²) in [6.45, 7) is 0.665. The van der Waals surface area contributed by atoms with Gasteiger partial charge in [-0.05, 0) is 41.4 Å². The number of tetrazole rings is 1. The Labute approximate surface area is 118 Å². The zero-order valence-electron chi connectivity index (χ0n) is 11.1. The number of halogens is 3. The van der Waals surface area contributed by atoms with Crippen molar-refractivity contribution in [2.24, 2.45) is 5.92 Å². The summed E-state index contributed by atoms with van der Waals surface area (Å²) >= 11 is 0. The maximum absolute atomic E-state index is 12.3. The minimum Gasteiger partial charge on any atom is -0.368 e. The van der Waals surface area contributed by atoms with Crippen LogP contribution < -0.4 is 5.32 Å². The molecule has 7 nitrogen and oxygen atoms in total. The monoisotopic (exact) mass is 301 g/mol. The Morgan fingerprint density at radius 2 is 2.19 bits per heavy atom. The van der Waals surface area contributed by atoms with Gasteiger partial charge >= 0.3 is 6.18 Å². The molecule has 10 heteroatoms. The lowest BCUT2D eigenvalue weighted by Gasteiger charge is -2.18. The SMILES string of the molecule is FC(F)(F)CN1CCC(CNc2ccc3nnnn3n2)C1. The molecule has 3 rings (SSSR count). The van der Waals surface area contributed by atoms with E-state index < -0.39 is 12.7 Å². The van der Waals surface area contributed by atoms with Crippen LogP contribution in [0.3, 0.4) is 0 Å². The van der Waals surface area contributed by atoms with E-state index in [1.807, 2.05) is 0 Å². The maximum Gasteiger partial charge on any atom is 0.401 e. The summed E-state index contributed by atoms with van der Waals surface area (Å²) in [5.74, 6) is 0.780. The van der Waals surface area contributed by atoms with Crippen molar-refractivity contribution >= 4 is 11.5 Å². The van der Waals surface area contributed by atoms with Gasteiger partial charge in [-0.25, -0.2) is 0 Å². The molecule has 0 bridgehead atoms. The number of hydrogen-bond acceptors (Lipinski definition) is 6. The second-order valence-electron chi connectivity index (χ2n) is 5.13. The van der Waals surface area contributed by atoms with Gasteiger partial charge in [-0.1, -0.05) is 0 Å². The number of fused-ring (bicyclic) bond motifs is 1. The van der Waals surface area contributed by atoms with Crippen molar-refractivity contribution in [1.29, 1.82) is 0 Å². The van der Waals surface area contributed by atoms with Gasteiger partial charge in [0.2, 0.25) is 0 Å². The molecule has 1 aliphatic rings. The number of hydrogen-bond donors (Lipinski definition) is 1. The van der Waals surface area contributed by atoms with Crippen LogP contribution in [0.2, 0.25) is 0 Å². The molecule has 1 aliphatic heterocycles. The second-order valence-corrected chi connectivity index (χ2v) is 5.13. The Morgan fingerprint density at radius 3 is 3.00 bits per heavy atom. The van der Waals surface area contributed by atoms with Crippen LogP contribution in [0.25, 0.3) is 5.65 Å². The van der Waals surface area contributed by atoms with E-state index in [2.05, 4.69) is 25.9 Å². The quantitative estimate of drug-likeness (QED) is 0.901. The summed E-state index contributed by atoms with van der Waals surface area (Å²) in [6.07, 6.45) is -3.38. The number of anilines is 1. The van der Waals surface area contributed by atoms with Crippen LogP contribution in [0, 0.1) is 5.92 Å². The standard InChI is InChI=1S/C11H14F3N7/c12-11(13,14)7-20-4-3-8(6-20)5-15-9-1-2-10-16-18-19-21(10)17-9/h1-2,8H,3-7H2,(H,15,17). The molecule has 114 valence electrons. The number of likely N-dealkylation sites (tertiary alicyclic amines) is 1. The highest BCUT2D eigenvalue weighted by Gasteiger charge is 2.34. The van der Waals surface area contributed by atoms with Gasteiger partial charge < -0.3 is 5.32 Å². The van der Waals surface area contributed by atoms with Gasteiger partial charge in [0.1, 0.15) is 5.82 Å². The van der Waals surface area contributed by atoms with Crippen molar-refractivity contribution in [2.75, 3.05) is 31.5 Å². The number of nitrogens with zero attached hydrogens (tertiary/aromatic N) is 6. The molecule has 1 atom stereocenters. The first kappa shape index (κ1) is 14.0. The first-order valence-electron chi connectivity index (χ1n) is 6.58. The van der Waals surface area contributed by atoms with E-state index in [-0.39, 0.29) is 5.92 Å². The molecule has 21 heavy (non-hydrogen) atoms. The zero-order chi connectivity index (χ0) is 14.9. The number of rotatable bonds is 4. The van der Waals surface area contributed by atoms with Crippen LogP contribution >= 0.6 is 0 Å². The highest BCUT2D eigenvalue weighted by molar-refractivity contribution is 5.42. The number of aromatic nitrogens is 5. The third-order valence-electron chi connectivity index (χ3n) is 3.41. The van der Waals surface area contributed by atoms with Crippen molar-refractivity contribution in [2.45, 2.75) is 12.6 Å². The average molecular weight is 301 g/mol. The molecule has 0 saturated carbocycles. The highest BCUT2D eigenvalue weighted by atomic mass is 19.4. The predicted molar refractivity (Wildman–Crippen MR) is 67.7 cm³/mol. The van der Waals surface area contributed by atoms with Crippen molar-refractivity contribution < 1.29 is 13.2 Å². The topological polar surface area (TPSA) is 71.2 Å². The first-order chi connectivity index (χ1) is 9.99. The molecule has 1 saturated heterocycles. The van der Waals surface area contributed by atoms with Gasteiger partial charge in [0.15, 0.2) is 5.65 Å². The van der Waals surface area contributed by atoms with E-state index in [1.165, 1.54) is 9.53 Å². The van der Waals surface area contributed by atoms with E-state index in [1.54, 1.807) is 12.1 Å². The van der Waals surface area contributed by atoms with E-state index in [0.717, 1.165) is 6.42 Å². The number of nitrogens with one attached hydrogen (secondary N) is 1. The average Bonchev–Trinajstić information content (AvgIpc) is 3.02. The third kappa shape index (κ3) is 3.57. The Hall–Kier alpha value is -1.97. The molecule has 1 unspecified atom stereocenters. The Balaban J connectivity index is 1.51. The fraction of sp³-hybridized carbons (Fsp3) is 0.636. The summed E-state index contributed by atoms with van der Waals surface area (Å²) in [5.41, 5.74) is 0.540. The summed E-state index contributed by atoms with van der Waals surface area (Å²) < 4.78 is 38.2. The molecule has 0 amide bonds. The lowest BCUT2D eigenvalue weighted by Crippen LogP contribution is -2.33. The summed E-state index contributed by atoms with van der Waals surface area (Å²) in [4.78, 5) is 1.43. The van der Waals surface area contributed by atoms with Crippen molar-refractivity contribution in [1.82, 2.24) is 30.2 Å². The Kier molecular flexibility index (Phi) is 3.62. The molecule has 2 aromatic rings.